The van der Waals surface area contributed by atoms with Crippen molar-refractivity contribution in [2.75, 3.05) is 23.3 Å². The Hall–Kier alpha value is -2.34. The molecule has 6 nitrogen and oxygen atoms in total. The van der Waals surface area contributed by atoms with E-state index < -0.39 is 0 Å². The minimum absolute atomic E-state index is 0.678. The van der Waals surface area contributed by atoms with Crippen molar-refractivity contribution >= 4 is 34.4 Å². The van der Waals surface area contributed by atoms with Crippen LogP contribution in [0.25, 0.3) is 11.0 Å². The Morgan fingerprint density at radius 2 is 1.88 bits per heavy atom. The van der Waals surface area contributed by atoms with Crippen LogP contribution in [0.2, 0.25) is 5.02 Å². The molecule has 2 aromatic heterocycles. The third-order valence-electron chi connectivity index (χ3n) is 4.34. The van der Waals surface area contributed by atoms with Gasteiger partial charge in [-0.3, -0.25) is 4.68 Å². The average Bonchev–Trinajstić information content (AvgIpc) is 3.25. The van der Waals surface area contributed by atoms with Crippen molar-refractivity contribution in [2.24, 2.45) is 7.05 Å². The van der Waals surface area contributed by atoms with Gasteiger partial charge in [-0.25, -0.2) is 0 Å². The monoisotopic (exact) mass is 342 g/mol. The van der Waals surface area contributed by atoms with Gasteiger partial charge in [0.1, 0.15) is 5.82 Å². The highest BCUT2D eigenvalue weighted by atomic mass is 35.5. The first-order chi connectivity index (χ1) is 11.7. The zero-order valence-corrected chi connectivity index (χ0v) is 14.3. The number of benzene rings is 1. The lowest BCUT2D eigenvalue weighted by Crippen LogP contribution is -2.21. The van der Waals surface area contributed by atoms with Gasteiger partial charge in [0.15, 0.2) is 5.65 Å². The van der Waals surface area contributed by atoms with Gasteiger partial charge in [0.25, 0.3) is 0 Å². The second kappa shape index (κ2) is 6.28. The molecule has 7 heteroatoms. The van der Waals surface area contributed by atoms with Crippen LogP contribution >= 0.6 is 11.6 Å². The van der Waals surface area contributed by atoms with Crippen LogP contribution < -0.4 is 10.2 Å². The third-order valence-corrected chi connectivity index (χ3v) is 4.59. The van der Waals surface area contributed by atoms with Crippen molar-refractivity contribution in [2.45, 2.75) is 19.4 Å². The predicted octanol–water partition coefficient (Wildman–Crippen LogP) is 3.23. The summed E-state index contributed by atoms with van der Waals surface area (Å²) in [5, 5.41) is 9.44. The summed E-state index contributed by atoms with van der Waals surface area (Å²) in [5.74, 6) is 1.60. The summed E-state index contributed by atoms with van der Waals surface area (Å²) in [6.45, 7) is 2.71. The van der Waals surface area contributed by atoms with Gasteiger partial charge < -0.3 is 10.2 Å². The number of halogens is 1. The van der Waals surface area contributed by atoms with Crippen LogP contribution in [0.3, 0.4) is 0 Å². The lowest BCUT2D eigenvalue weighted by Gasteiger charge is -2.17. The number of hydrogen-bond acceptors (Lipinski definition) is 5. The largest absolute Gasteiger partial charge is 0.365 e. The molecule has 1 aliphatic rings. The van der Waals surface area contributed by atoms with Crippen LogP contribution in [0.1, 0.15) is 18.4 Å². The van der Waals surface area contributed by atoms with E-state index in [-0.39, 0.29) is 0 Å². The van der Waals surface area contributed by atoms with E-state index in [2.05, 4.69) is 15.3 Å². The molecule has 0 unspecified atom stereocenters. The standard InChI is InChI=1S/C17H19ClN6/c1-23-16-14(11-20-23)15(19-10-12-4-6-13(18)7-5-12)21-17(22-16)24-8-2-3-9-24/h4-7,11H,2-3,8-10H2,1H3,(H,19,21,22). The summed E-state index contributed by atoms with van der Waals surface area (Å²) in [5.41, 5.74) is 2.00. The van der Waals surface area contributed by atoms with E-state index in [0.717, 1.165) is 46.5 Å². The van der Waals surface area contributed by atoms with Gasteiger partial charge in [-0.05, 0) is 30.5 Å². The van der Waals surface area contributed by atoms with Gasteiger partial charge in [0.2, 0.25) is 5.95 Å². The molecule has 1 aliphatic heterocycles. The van der Waals surface area contributed by atoms with Gasteiger partial charge in [-0.2, -0.15) is 15.1 Å². The lowest BCUT2D eigenvalue weighted by molar-refractivity contribution is 0.782. The molecule has 1 saturated heterocycles. The Labute approximate surface area is 145 Å². The first-order valence-electron chi connectivity index (χ1n) is 8.14. The van der Waals surface area contributed by atoms with Crippen LogP contribution in [-0.2, 0) is 13.6 Å². The summed E-state index contributed by atoms with van der Waals surface area (Å²) in [6, 6.07) is 7.82. The molecule has 0 spiro atoms. The van der Waals surface area contributed by atoms with E-state index in [1.54, 1.807) is 4.68 Å². The van der Waals surface area contributed by atoms with Gasteiger partial charge >= 0.3 is 0 Å². The SMILES string of the molecule is Cn1ncc2c(NCc3ccc(Cl)cc3)nc(N3CCCC3)nc21. The number of aromatic nitrogens is 4. The van der Waals surface area contributed by atoms with E-state index in [4.69, 9.17) is 21.6 Å². The molecule has 0 radical (unpaired) electrons. The zero-order chi connectivity index (χ0) is 16.5. The van der Waals surface area contributed by atoms with Crippen molar-refractivity contribution in [3.63, 3.8) is 0 Å². The normalized spacial score (nSPS) is 14.5. The molecule has 0 atom stereocenters. The second-order valence-corrected chi connectivity index (χ2v) is 6.49. The van der Waals surface area contributed by atoms with Gasteiger partial charge in [-0.15, -0.1) is 0 Å². The Balaban J connectivity index is 1.66. The minimum Gasteiger partial charge on any atom is -0.365 e. The number of nitrogens with one attached hydrogen (secondary N) is 1. The van der Waals surface area contributed by atoms with E-state index in [1.165, 1.54) is 12.8 Å². The Morgan fingerprint density at radius 1 is 1.12 bits per heavy atom. The van der Waals surface area contributed by atoms with E-state index >= 15 is 0 Å². The van der Waals surface area contributed by atoms with E-state index in [1.807, 2.05) is 37.5 Å². The summed E-state index contributed by atoms with van der Waals surface area (Å²) in [7, 11) is 1.91. The van der Waals surface area contributed by atoms with Gasteiger partial charge in [-0.1, -0.05) is 23.7 Å². The van der Waals surface area contributed by atoms with Gasteiger partial charge in [0.05, 0.1) is 11.6 Å². The maximum Gasteiger partial charge on any atom is 0.229 e. The smallest absolute Gasteiger partial charge is 0.229 e. The number of fused-ring (bicyclic) bond motifs is 1. The van der Waals surface area contributed by atoms with Crippen LogP contribution in [-0.4, -0.2) is 32.8 Å². The van der Waals surface area contributed by atoms with Crippen molar-refractivity contribution in [1.82, 2.24) is 19.7 Å². The van der Waals surface area contributed by atoms with Crippen molar-refractivity contribution in [1.29, 1.82) is 0 Å². The average molecular weight is 343 g/mol. The number of anilines is 2. The lowest BCUT2D eigenvalue weighted by atomic mass is 10.2. The maximum atomic E-state index is 5.95. The number of rotatable bonds is 4. The summed E-state index contributed by atoms with van der Waals surface area (Å²) in [6.07, 6.45) is 4.20. The third kappa shape index (κ3) is 2.89. The fourth-order valence-electron chi connectivity index (χ4n) is 2.99. The summed E-state index contributed by atoms with van der Waals surface area (Å²) >= 11 is 5.95. The second-order valence-electron chi connectivity index (χ2n) is 6.05. The molecule has 3 aromatic rings. The van der Waals surface area contributed by atoms with Crippen molar-refractivity contribution in [3.8, 4) is 0 Å². The Kier molecular flexibility index (Phi) is 3.98. The van der Waals surface area contributed by atoms with Crippen molar-refractivity contribution < 1.29 is 0 Å². The van der Waals surface area contributed by atoms with Crippen LogP contribution in [0.4, 0.5) is 11.8 Å². The molecule has 4 rings (SSSR count). The molecular formula is C17H19ClN6. The van der Waals surface area contributed by atoms with Crippen LogP contribution in [0, 0.1) is 0 Å². The quantitative estimate of drug-likeness (QED) is 0.788. The van der Waals surface area contributed by atoms with E-state index in [9.17, 15) is 0 Å². The molecular weight excluding hydrogens is 324 g/mol. The molecule has 1 N–H and O–H groups in total. The Bertz CT molecular complexity index is 851. The predicted molar refractivity (Wildman–Crippen MR) is 96.5 cm³/mol. The fourth-order valence-corrected chi connectivity index (χ4v) is 3.12. The molecule has 0 amide bonds. The topological polar surface area (TPSA) is 58.9 Å². The molecule has 1 aromatic carbocycles. The van der Waals surface area contributed by atoms with Crippen LogP contribution in [0.15, 0.2) is 30.5 Å². The first-order valence-corrected chi connectivity index (χ1v) is 8.51. The number of hydrogen-bond donors (Lipinski definition) is 1. The van der Waals surface area contributed by atoms with Gasteiger partial charge in [0, 0.05) is 31.7 Å². The maximum absolute atomic E-state index is 5.95. The molecule has 3 heterocycles. The minimum atomic E-state index is 0.678. The molecule has 1 fully saturated rings. The Morgan fingerprint density at radius 3 is 2.62 bits per heavy atom. The first kappa shape index (κ1) is 15.2. The molecule has 24 heavy (non-hydrogen) atoms. The molecule has 0 aliphatic carbocycles. The molecule has 124 valence electrons. The zero-order valence-electron chi connectivity index (χ0n) is 13.5. The highest BCUT2D eigenvalue weighted by Crippen LogP contribution is 2.25. The fraction of sp³-hybridized carbons (Fsp3) is 0.353. The van der Waals surface area contributed by atoms with Crippen LogP contribution in [0.5, 0.6) is 0 Å². The number of aryl methyl sites for hydroxylation is 1. The van der Waals surface area contributed by atoms with E-state index in [0.29, 0.717) is 6.54 Å². The highest BCUT2D eigenvalue weighted by Gasteiger charge is 2.18. The molecule has 0 saturated carbocycles. The van der Waals surface area contributed by atoms with Crippen molar-refractivity contribution in [3.05, 3.63) is 41.0 Å². The highest BCUT2D eigenvalue weighted by molar-refractivity contribution is 6.30. The summed E-state index contributed by atoms with van der Waals surface area (Å²) in [4.78, 5) is 11.7. The molecule has 0 bridgehead atoms. The number of nitrogens with zero attached hydrogens (tertiary/aromatic N) is 5. The summed E-state index contributed by atoms with van der Waals surface area (Å²) < 4.78 is 1.80.